The SMILES string of the molecule is CC1(C(=O)NC2CCNCC2)CC2CCCC(c3ccccc3)(C2)C1.CCF. The van der Waals surface area contributed by atoms with Crippen LogP contribution >= 0.6 is 0 Å². The zero-order valence-electron chi connectivity index (χ0n) is 17.6. The molecule has 2 saturated carbocycles. The Morgan fingerprint density at radius 1 is 1.18 bits per heavy atom. The molecule has 3 aliphatic rings. The molecule has 3 atom stereocenters. The van der Waals surface area contributed by atoms with Crippen LogP contribution < -0.4 is 10.6 Å². The van der Waals surface area contributed by atoms with Crippen LogP contribution in [0, 0.1) is 11.3 Å². The lowest BCUT2D eigenvalue weighted by Crippen LogP contribution is -2.54. The molecule has 0 aromatic heterocycles. The van der Waals surface area contributed by atoms with Crippen molar-refractivity contribution in [2.45, 2.75) is 76.7 Å². The number of fused-ring (bicyclic) bond motifs is 2. The van der Waals surface area contributed by atoms with Gasteiger partial charge in [-0.1, -0.05) is 50.1 Å². The lowest BCUT2D eigenvalue weighted by Gasteiger charge is -2.52. The maximum absolute atomic E-state index is 13.3. The molecule has 0 radical (unpaired) electrons. The minimum atomic E-state index is -0.250. The molecule has 3 nitrogen and oxygen atoms in total. The van der Waals surface area contributed by atoms with Crippen molar-refractivity contribution in [1.82, 2.24) is 10.6 Å². The summed E-state index contributed by atoms with van der Waals surface area (Å²) >= 11 is 0. The van der Waals surface area contributed by atoms with Crippen molar-refractivity contribution in [3.8, 4) is 0 Å². The number of piperidine rings is 1. The summed E-state index contributed by atoms with van der Waals surface area (Å²) in [5.41, 5.74) is 1.45. The molecule has 3 fully saturated rings. The van der Waals surface area contributed by atoms with E-state index in [0.717, 1.165) is 38.8 Å². The molecular weight excluding hydrogens is 351 g/mol. The van der Waals surface area contributed by atoms with Gasteiger partial charge in [0.15, 0.2) is 0 Å². The molecule has 3 unspecified atom stereocenters. The number of nitrogens with one attached hydrogen (secondary N) is 2. The summed E-state index contributed by atoms with van der Waals surface area (Å²) in [6.45, 7) is 5.50. The van der Waals surface area contributed by atoms with E-state index in [1.165, 1.54) is 38.2 Å². The van der Waals surface area contributed by atoms with Gasteiger partial charge >= 0.3 is 0 Å². The van der Waals surface area contributed by atoms with Gasteiger partial charge in [-0.25, -0.2) is 0 Å². The van der Waals surface area contributed by atoms with Crippen molar-refractivity contribution in [2.75, 3.05) is 19.8 Å². The molecule has 1 amide bonds. The van der Waals surface area contributed by atoms with Gasteiger partial charge in [0, 0.05) is 11.5 Å². The molecule has 1 aliphatic heterocycles. The predicted octanol–water partition coefficient (Wildman–Crippen LogP) is 4.76. The Morgan fingerprint density at radius 3 is 2.54 bits per heavy atom. The highest BCUT2D eigenvalue weighted by Gasteiger charge is 2.51. The number of carbonyl (C=O) groups excluding carboxylic acids is 1. The minimum absolute atomic E-state index is 0.211. The first-order valence-corrected chi connectivity index (χ1v) is 11.1. The van der Waals surface area contributed by atoms with E-state index >= 15 is 0 Å². The number of hydrogen-bond donors (Lipinski definition) is 2. The van der Waals surface area contributed by atoms with E-state index in [-0.39, 0.29) is 17.5 Å². The number of amides is 1. The number of benzene rings is 1. The molecule has 1 aromatic carbocycles. The van der Waals surface area contributed by atoms with Gasteiger partial charge in [-0.05, 0) is 75.4 Å². The monoisotopic (exact) mass is 388 g/mol. The number of rotatable bonds is 3. The maximum atomic E-state index is 13.3. The molecule has 2 N–H and O–H groups in total. The van der Waals surface area contributed by atoms with Gasteiger partial charge in [-0.2, -0.15) is 0 Å². The summed E-state index contributed by atoms with van der Waals surface area (Å²) in [4.78, 5) is 13.3. The maximum Gasteiger partial charge on any atom is 0.226 e. The molecule has 4 rings (SSSR count). The molecule has 2 aliphatic carbocycles. The van der Waals surface area contributed by atoms with E-state index in [1.54, 1.807) is 0 Å². The highest BCUT2D eigenvalue weighted by molar-refractivity contribution is 5.83. The van der Waals surface area contributed by atoms with Gasteiger partial charge in [-0.3, -0.25) is 9.18 Å². The summed E-state index contributed by atoms with van der Waals surface area (Å²) in [7, 11) is 0. The highest BCUT2D eigenvalue weighted by Crippen LogP contribution is 2.56. The average Bonchev–Trinajstić information content (AvgIpc) is 2.70. The second kappa shape index (κ2) is 9.39. The largest absolute Gasteiger partial charge is 0.353 e. The van der Waals surface area contributed by atoms with E-state index < -0.39 is 0 Å². The van der Waals surface area contributed by atoms with Gasteiger partial charge in [-0.15, -0.1) is 0 Å². The minimum Gasteiger partial charge on any atom is -0.353 e. The van der Waals surface area contributed by atoms with Crippen LogP contribution in [0.1, 0.15) is 70.8 Å². The van der Waals surface area contributed by atoms with Gasteiger partial charge in [0.05, 0.1) is 6.67 Å². The first kappa shape index (κ1) is 21.3. The molecule has 1 aromatic rings. The average molecular weight is 389 g/mol. The summed E-state index contributed by atoms with van der Waals surface area (Å²) in [6.07, 6.45) is 9.33. The van der Waals surface area contributed by atoms with Gasteiger partial charge in [0.1, 0.15) is 0 Å². The van der Waals surface area contributed by atoms with E-state index in [2.05, 4.69) is 47.9 Å². The number of halogens is 1. The van der Waals surface area contributed by atoms with Crippen LogP contribution in [0.3, 0.4) is 0 Å². The van der Waals surface area contributed by atoms with Crippen molar-refractivity contribution < 1.29 is 9.18 Å². The number of carbonyl (C=O) groups is 1. The molecule has 28 heavy (non-hydrogen) atoms. The predicted molar refractivity (Wildman–Crippen MR) is 113 cm³/mol. The number of alkyl halides is 1. The quantitative estimate of drug-likeness (QED) is 0.784. The zero-order valence-corrected chi connectivity index (χ0v) is 17.6. The summed E-state index contributed by atoms with van der Waals surface area (Å²) < 4.78 is 10.3. The van der Waals surface area contributed by atoms with Crippen LogP contribution in [-0.2, 0) is 10.2 Å². The fraction of sp³-hybridized carbons (Fsp3) is 0.708. The zero-order chi connectivity index (χ0) is 20.0. The van der Waals surface area contributed by atoms with Crippen LogP contribution in [0.2, 0.25) is 0 Å². The van der Waals surface area contributed by atoms with Crippen molar-refractivity contribution in [2.24, 2.45) is 11.3 Å². The third-order valence-electron chi connectivity index (χ3n) is 7.02. The summed E-state index contributed by atoms with van der Waals surface area (Å²) in [6, 6.07) is 11.4. The third kappa shape index (κ3) is 4.76. The fourth-order valence-corrected chi connectivity index (χ4v) is 5.93. The second-order valence-corrected chi connectivity index (χ2v) is 9.32. The first-order valence-electron chi connectivity index (χ1n) is 11.1. The van der Waals surface area contributed by atoms with E-state index in [9.17, 15) is 9.18 Å². The Bertz CT molecular complexity index is 631. The van der Waals surface area contributed by atoms with Gasteiger partial charge in [0.25, 0.3) is 0 Å². The Morgan fingerprint density at radius 2 is 1.86 bits per heavy atom. The van der Waals surface area contributed by atoms with Crippen LogP contribution in [0.15, 0.2) is 30.3 Å². The molecule has 4 heteroatoms. The van der Waals surface area contributed by atoms with Crippen LogP contribution in [-0.4, -0.2) is 31.7 Å². The molecule has 2 bridgehead atoms. The second-order valence-electron chi connectivity index (χ2n) is 9.32. The first-order chi connectivity index (χ1) is 13.5. The van der Waals surface area contributed by atoms with Crippen molar-refractivity contribution >= 4 is 5.91 Å². The molecule has 1 saturated heterocycles. The van der Waals surface area contributed by atoms with Gasteiger partial charge < -0.3 is 10.6 Å². The summed E-state index contributed by atoms with van der Waals surface area (Å²) in [5.74, 6) is 1.01. The third-order valence-corrected chi connectivity index (χ3v) is 7.02. The van der Waals surface area contributed by atoms with Crippen molar-refractivity contribution in [1.29, 1.82) is 0 Å². The van der Waals surface area contributed by atoms with E-state index in [4.69, 9.17) is 0 Å². The van der Waals surface area contributed by atoms with Crippen LogP contribution in [0.5, 0.6) is 0 Å². The molecule has 156 valence electrons. The lowest BCUT2D eigenvalue weighted by atomic mass is 9.52. The Kier molecular flexibility index (Phi) is 7.14. The van der Waals surface area contributed by atoms with E-state index in [1.807, 2.05) is 0 Å². The highest BCUT2D eigenvalue weighted by atomic mass is 19.1. The standard InChI is InChI=1S/C22H32N2O.C2H5F/c1-21(20(25)24-19-9-12-23-13-10-19)14-17-6-5-11-22(15-17,16-21)18-7-3-2-4-8-18;1-2-3/h2-4,7-8,17,19,23H,5-6,9-16H2,1H3,(H,24,25);2H2,1H3. The number of hydrogen-bond acceptors (Lipinski definition) is 2. The smallest absolute Gasteiger partial charge is 0.226 e. The Labute approximate surface area is 169 Å². The fourth-order valence-electron chi connectivity index (χ4n) is 5.93. The molecular formula is C24H37FN2O. The van der Waals surface area contributed by atoms with Crippen LogP contribution in [0.4, 0.5) is 4.39 Å². The molecule has 1 heterocycles. The topological polar surface area (TPSA) is 41.1 Å². The Balaban J connectivity index is 0.000000706. The van der Waals surface area contributed by atoms with E-state index in [0.29, 0.717) is 17.9 Å². The van der Waals surface area contributed by atoms with Crippen LogP contribution in [0.25, 0.3) is 0 Å². The van der Waals surface area contributed by atoms with Gasteiger partial charge in [0.2, 0.25) is 5.91 Å². The normalized spacial score (nSPS) is 32.8. The summed E-state index contributed by atoms with van der Waals surface area (Å²) in [5, 5.41) is 6.79. The van der Waals surface area contributed by atoms with Crippen molar-refractivity contribution in [3.05, 3.63) is 35.9 Å². The Hall–Kier alpha value is -1.42. The van der Waals surface area contributed by atoms with Crippen molar-refractivity contribution in [3.63, 3.8) is 0 Å². The molecule has 0 spiro atoms. The lowest BCUT2D eigenvalue weighted by molar-refractivity contribution is -0.136.